The van der Waals surface area contributed by atoms with E-state index in [-0.39, 0.29) is 11.8 Å². The van der Waals surface area contributed by atoms with E-state index in [4.69, 9.17) is 5.11 Å². The molecule has 7 nitrogen and oxygen atoms in total. The number of nitrogens with zero attached hydrogens (tertiary/aromatic N) is 1. The Kier molecular flexibility index (Phi) is 3.84. The maximum Gasteiger partial charge on any atom is 0.326 e. The van der Waals surface area contributed by atoms with E-state index in [1.165, 1.54) is 0 Å². The Bertz CT molecular complexity index is 483. The van der Waals surface area contributed by atoms with Crippen LogP contribution in [0.15, 0.2) is 6.33 Å². The number of rotatable bonds is 4. The van der Waals surface area contributed by atoms with E-state index in [0.29, 0.717) is 13.0 Å². The topological polar surface area (TPSA) is 107 Å². The van der Waals surface area contributed by atoms with E-state index < -0.39 is 18.1 Å². The molecule has 2 heterocycles. The Morgan fingerprint density at radius 1 is 1.53 bits per heavy atom. The number of nitrogens with one attached hydrogen (secondary N) is 3. The molecule has 0 bridgehead atoms. The van der Waals surface area contributed by atoms with Crippen molar-refractivity contribution >= 4 is 11.9 Å². The summed E-state index contributed by atoms with van der Waals surface area (Å²) in [6.45, 7) is 4.06. The molecule has 7 heteroatoms. The second kappa shape index (κ2) is 5.40. The molecule has 0 fully saturated rings. The van der Waals surface area contributed by atoms with Crippen LogP contribution in [0.25, 0.3) is 0 Å². The lowest BCUT2D eigenvalue weighted by atomic mass is 10.0. The molecule has 0 unspecified atom stereocenters. The smallest absolute Gasteiger partial charge is 0.326 e. The van der Waals surface area contributed by atoms with Crippen molar-refractivity contribution in [2.45, 2.75) is 38.9 Å². The zero-order chi connectivity index (χ0) is 14.0. The van der Waals surface area contributed by atoms with E-state index in [0.717, 1.165) is 11.4 Å². The van der Waals surface area contributed by atoms with Gasteiger partial charge in [0.25, 0.3) is 0 Å². The second-order valence-corrected chi connectivity index (χ2v) is 5.03. The van der Waals surface area contributed by atoms with Crippen molar-refractivity contribution in [2.75, 3.05) is 0 Å². The number of carbonyl (C=O) groups excluding carboxylic acids is 1. The fraction of sp³-hybridized carbons (Fsp3) is 0.583. The Hall–Kier alpha value is -1.89. The standard InChI is InChI=1S/C12H18N4O3/c1-6(2)10(12(18)19)16-11(17)8-3-7-9(4-13-8)15-5-14-7/h5-6,8,10,13H,3-4H2,1-2H3,(H,14,15)(H,16,17)(H,18,19)/t8-,10-/m0/s1. The molecule has 1 aromatic rings. The number of H-pyrrole nitrogens is 1. The number of imidazole rings is 1. The van der Waals surface area contributed by atoms with Crippen molar-refractivity contribution in [2.24, 2.45) is 5.92 Å². The quantitative estimate of drug-likeness (QED) is 0.596. The molecule has 0 radical (unpaired) electrons. The summed E-state index contributed by atoms with van der Waals surface area (Å²) in [6, 6.07) is -1.30. The van der Waals surface area contributed by atoms with Gasteiger partial charge in [-0.1, -0.05) is 13.8 Å². The molecule has 1 amide bonds. The Labute approximate surface area is 110 Å². The second-order valence-electron chi connectivity index (χ2n) is 5.03. The number of amides is 1. The number of carboxylic acids is 1. The number of carbonyl (C=O) groups is 2. The highest BCUT2D eigenvalue weighted by Gasteiger charge is 2.30. The minimum atomic E-state index is -1.01. The minimum absolute atomic E-state index is 0.161. The predicted molar refractivity (Wildman–Crippen MR) is 67.3 cm³/mol. The van der Waals surface area contributed by atoms with Crippen LogP contribution in [0.4, 0.5) is 0 Å². The third-order valence-electron chi connectivity index (χ3n) is 3.28. The van der Waals surface area contributed by atoms with Gasteiger partial charge in [0.05, 0.1) is 23.8 Å². The van der Waals surface area contributed by atoms with Gasteiger partial charge in [0.2, 0.25) is 5.91 Å². The molecule has 4 N–H and O–H groups in total. The maximum absolute atomic E-state index is 12.1. The number of aromatic nitrogens is 2. The molecule has 0 spiro atoms. The minimum Gasteiger partial charge on any atom is -0.480 e. The molecule has 0 saturated carbocycles. The first-order valence-corrected chi connectivity index (χ1v) is 6.26. The van der Waals surface area contributed by atoms with E-state index >= 15 is 0 Å². The average molecular weight is 266 g/mol. The van der Waals surface area contributed by atoms with Crippen LogP contribution in [0.1, 0.15) is 25.2 Å². The summed E-state index contributed by atoms with van der Waals surface area (Å²) in [6.07, 6.45) is 2.07. The normalized spacial score (nSPS) is 19.8. The van der Waals surface area contributed by atoms with Crippen molar-refractivity contribution in [3.05, 3.63) is 17.7 Å². The SMILES string of the molecule is CC(C)[C@H](NC(=O)[C@@H]1Cc2nc[nH]c2CN1)C(=O)O. The molecule has 1 aliphatic rings. The van der Waals surface area contributed by atoms with Crippen LogP contribution < -0.4 is 10.6 Å². The Morgan fingerprint density at radius 3 is 2.89 bits per heavy atom. The first-order chi connectivity index (χ1) is 8.99. The highest BCUT2D eigenvalue weighted by Crippen LogP contribution is 2.12. The van der Waals surface area contributed by atoms with Crippen LogP contribution in [0, 0.1) is 5.92 Å². The third kappa shape index (κ3) is 2.93. The number of aliphatic carboxylic acids is 1. The molecular weight excluding hydrogens is 248 g/mol. The number of carboxylic acid groups (broad SMARTS) is 1. The van der Waals surface area contributed by atoms with Crippen LogP contribution in [-0.2, 0) is 22.6 Å². The van der Waals surface area contributed by atoms with Gasteiger partial charge in [-0.05, 0) is 5.92 Å². The van der Waals surface area contributed by atoms with E-state index in [1.54, 1.807) is 20.2 Å². The van der Waals surface area contributed by atoms with Crippen LogP contribution >= 0.6 is 0 Å². The summed E-state index contributed by atoms with van der Waals surface area (Å²) in [5.74, 6) is -1.47. The monoisotopic (exact) mass is 266 g/mol. The van der Waals surface area contributed by atoms with Gasteiger partial charge >= 0.3 is 5.97 Å². The summed E-state index contributed by atoms with van der Waals surface area (Å²) in [7, 11) is 0. The average Bonchev–Trinajstić information content (AvgIpc) is 2.81. The first kappa shape index (κ1) is 13.5. The lowest BCUT2D eigenvalue weighted by Crippen LogP contribution is -2.53. The lowest BCUT2D eigenvalue weighted by Gasteiger charge is -2.25. The van der Waals surface area contributed by atoms with Gasteiger partial charge in [-0.3, -0.25) is 10.1 Å². The molecule has 1 aromatic heterocycles. The fourth-order valence-electron chi connectivity index (χ4n) is 2.12. The van der Waals surface area contributed by atoms with E-state index in [9.17, 15) is 9.59 Å². The van der Waals surface area contributed by atoms with Crippen molar-refractivity contribution in [1.82, 2.24) is 20.6 Å². The summed E-state index contributed by atoms with van der Waals surface area (Å²) in [5, 5.41) is 14.7. The molecule has 0 saturated heterocycles. The van der Waals surface area contributed by atoms with Crippen LogP contribution in [0.2, 0.25) is 0 Å². The number of hydrogen-bond acceptors (Lipinski definition) is 4. The van der Waals surface area contributed by atoms with Crippen molar-refractivity contribution in [1.29, 1.82) is 0 Å². The predicted octanol–water partition coefficient (Wildman–Crippen LogP) is -0.351. The van der Waals surface area contributed by atoms with Gasteiger partial charge < -0.3 is 15.4 Å². The van der Waals surface area contributed by atoms with Gasteiger partial charge in [-0.15, -0.1) is 0 Å². The molecule has 1 aliphatic heterocycles. The van der Waals surface area contributed by atoms with Gasteiger partial charge in [0, 0.05) is 13.0 Å². The van der Waals surface area contributed by atoms with Crippen molar-refractivity contribution < 1.29 is 14.7 Å². The number of fused-ring (bicyclic) bond motifs is 1. The van der Waals surface area contributed by atoms with Gasteiger partial charge in [-0.2, -0.15) is 0 Å². The van der Waals surface area contributed by atoms with Gasteiger partial charge in [-0.25, -0.2) is 9.78 Å². The van der Waals surface area contributed by atoms with E-state index in [1.807, 2.05) is 0 Å². The Balaban J connectivity index is 2.00. The van der Waals surface area contributed by atoms with Crippen LogP contribution in [-0.4, -0.2) is 39.0 Å². The van der Waals surface area contributed by atoms with Crippen molar-refractivity contribution in [3.8, 4) is 0 Å². The summed E-state index contributed by atoms with van der Waals surface area (Å²) in [4.78, 5) is 30.3. The maximum atomic E-state index is 12.1. The van der Waals surface area contributed by atoms with Crippen molar-refractivity contribution in [3.63, 3.8) is 0 Å². The van der Waals surface area contributed by atoms with Crippen LogP contribution in [0.5, 0.6) is 0 Å². The highest BCUT2D eigenvalue weighted by atomic mass is 16.4. The lowest BCUT2D eigenvalue weighted by molar-refractivity contribution is -0.143. The highest BCUT2D eigenvalue weighted by molar-refractivity contribution is 5.87. The Morgan fingerprint density at radius 2 is 2.26 bits per heavy atom. The van der Waals surface area contributed by atoms with E-state index in [2.05, 4.69) is 20.6 Å². The molecule has 19 heavy (non-hydrogen) atoms. The number of aromatic amines is 1. The fourth-order valence-corrected chi connectivity index (χ4v) is 2.12. The molecule has 0 aliphatic carbocycles. The molecule has 2 atom stereocenters. The van der Waals surface area contributed by atoms with Gasteiger partial charge in [0.1, 0.15) is 6.04 Å². The summed E-state index contributed by atoms with van der Waals surface area (Å²) < 4.78 is 0. The molecule has 2 rings (SSSR count). The number of hydrogen-bond donors (Lipinski definition) is 4. The molecule has 0 aromatic carbocycles. The zero-order valence-electron chi connectivity index (χ0n) is 10.9. The zero-order valence-corrected chi connectivity index (χ0v) is 10.9. The summed E-state index contributed by atoms with van der Waals surface area (Å²) in [5.41, 5.74) is 1.83. The summed E-state index contributed by atoms with van der Waals surface area (Å²) >= 11 is 0. The van der Waals surface area contributed by atoms with Gasteiger partial charge in [0.15, 0.2) is 0 Å². The largest absolute Gasteiger partial charge is 0.480 e. The molecular formula is C12H18N4O3. The molecule has 104 valence electrons. The van der Waals surface area contributed by atoms with Crippen LogP contribution in [0.3, 0.4) is 0 Å². The third-order valence-corrected chi connectivity index (χ3v) is 3.28. The first-order valence-electron chi connectivity index (χ1n) is 6.26.